The number of aromatic nitrogens is 2. The predicted molar refractivity (Wildman–Crippen MR) is 57.8 cm³/mol. The molecule has 6 heteroatoms. The number of likely N-dealkylation sites (N-methyl/N-ethyl adjacent to an activating group) is 1. The van der Waals surface area contributed by atoms with Crippen LogP contribution in [0, 0.1) is 0 Å². The summed E-state index contributed by atoms with van der Waals surface area (Å²) in [5.41, 5.74) is 0.809. The fourth-order valence-corrected chi connectivity index (χ4v) is 2.61. The van der Waals surface area contributed by atoms with Crippen molar-refractivity contribution < 1.29 is 8.42 Å². The van der Waals surface area contributed by atoms with Gasteiger partial charge in [0.25, 0.3) is 0 Å². The van der Waals surface area contributed by atoms with Gasteiger partial charge >= 0.3 is 0 Å². The van der Waals surface area contributed by atoms with Gasteiger partial charge in [0.15, 0.2) is 0 Å². The first-order valence-corrected chi connectivity index (χ1v) is 6.05. The molecule has 5 nitrogen and oxygen atoms in total. The molecule has 1 N–H and O–H groups in total. The second-order valence-electron chi connectivity index (χ2n) is 3.32. The van der Waals surface area contributed by atoms with Gasteiger partial charge in [0.05, 0.1) is 6.20 Å². The van der Waals surface area contributed by atoms with Crippen LogP contribution in [0.4, 0.5) is 0 Å². The zero-order valence-electron chi connectivity index (χ0n) is 8.90. The molecular weight excluding hydrogens is 214 g/mol. The summed E-state index contributed by atoms with van der Waals surface area (Å²) in [7, 11) is -3.42. The predicted octanol–water partition coefficient (Wildman–Crippen LogP) is 0.996. The fourth-order valence-electron chi connectivity index (χ4n) is 1.20. The third-order valence-electron chi connectivity index (χ3n) is 1.91. The topological polar surface area (TPSA) is 66.1 Å². The molecule has 0 atom stereocenters. The molecule has 0 saturated carbocycles. The molecule has 15 heavy (non-hydrogen) atoms. The minimum Gasteiger partial charge on any atom is -0.284 e. The van der Waals surface area contributed by atoms with Gasteiger partial charge in [-0.3, -0.25) is 5.10 Å². The Kier molecular flexibility index (Phi) is 3.65. The Balaban J connectivity index is 2.98. The van der Waals surface area contributed by atoms with Crippen molar-refractivity contribution >= 4 is 10.0 Å². The Labute approximate surface area is 89.8 Å². The van der Waals surface area contributed by atoms with Crippen molar-refractivity contribution in [3.63, 3.8) is 0 Å². The monoisotopic (exact) mass is 229 g/mol. The van der Waals surface area contributed by atoms with Crippen LogP contribution in [0.3, 0.4) is 0 Å². The van der Waals surface area contributed by atoms with Crippen molar-refractivity contribution in [1.82, 2.24) is 14.5 Å². The molecule has 0 aliphatic heterocycles. The highest BCUT2D eigenvalue weighted by atomic mass is 32.2. The molecular formula is C9H15N3O2S. The van der Waals surface area contributed by atoms with Crippen molar-refractivity contribution in [1.29, 1.82) is 0 Å². The second-order valence-corrected chi connectivity index (χ2v) is 5.26. The molecule has 0 bridgehead atoms. The summed E-state index contributed by atoms with van der Waals surface area (Å²) in [5.74, 6) is 0. The lowest BCUT2D eigenvalue weighted by molar-refractivity contribution is 0.453. The molecule has 0 aromatic carbocycles. The van der Waals surface area contributed by atoms with Gasteiger partial charge in [0, 0.05) is 19.3 Å². The molecule has 0 unspecified atom stereocenters. The maximum absolute atomic E-state index is 12.0. The largest absolute Gasteiger partial charge is 0.284 e. The van der Waals surface area contributed by atoms with Crippen LogP contribution >= 0.6 is 0 Å². The van der Waals surface area contributed by atoms with Gasteiger partial charge in [-0.25, -0.2) is 8.42 Å². The number of H-pyrrole nitrogens is 1. The van der Waals surface area contributed by atoms with E-state index in [4.69, 9.17) is 0 Å². The van der Waals surface area contributed by atoms with E-state index in [0.29, 0.717) is 13.1 Å². The SMILES string of the molecule is C=C(C)CN(CC)S(=O)(=O)c1cn[nH]c1. The molecule has 1 aromatic heterocycles. The lowest BCUT2D eigenvalue weighted by Crippen LogP contribution is -2.32. The Morgan fingerprint density at radius 3 is 2.73 bits per heavy atom. The Morgan fingerprint density at radius 1 is 1.67 bits per heavy atom. The van der Waals surface area contributed by atoms with Crippen molar-refractivity contribution in [2.45, 2.75) is 18.7 Å². The van der Waals surface area contributed by atoms with Crippen LogP contribution in [0.25, 0.3) is 0 Å². The molecule has 0 saturated heterocycles. The van der Waals surface area contributed by atoms with E-state index in [-0.39, 0.29) is 4.90 Å². The van der Waals surface area contributed by atoms with Gasteiger partial charge in [0.2, 0.25) is 10.0 Å². The van der Waals surface area contributed by atoms with E-state index in [0.717, 1.165) is 5.57 Å². The van der Waals surface area contributed by atoms with E-state index >= 15 is 0 Å². The van der Waals surface area contributed by atoms with Gasteiger partial charge in [-0.05, 0) is 6.92 Å². The van der Waals surface area contributed by atoms with Crippen LogP contribution in [0.15, 0.2) is 29.4 Å². The number of hydrogen-bond donors (Lipinski definition) is 1. The van der Waals surface area contributed by atoms with Crippen molar-refractivity contribution in [3.05, 3.63) is 24.5 Å². The van der Waals surface area contributed by atoms with E-state index in [1.165, 1.54) is 16.7 Å². The first kappa shape index (κ1) is 11.9. The maximum Gasteiger partial charge on any atom is 0.246 e. The summed E-state index contributed by atoms with van der Waals surface area (Å²) in [6.07, 6.45) is 2.67. The molecule has 1 heterocycles. The van der Waals surface area contributed by atoms with E-state index in [1.807, 2.05) is 0 Å². The number of nitrogens with zero attached hydrogens (tertiary/aromatic N) is 2. The number of rotatable bonds is 5. The van der Waals surface area contributed by atoms with Gasteiger partial charge in [0.1, 0.15) is 4.90 Å². The quantitative estimate of drug-likeness (QED) is 0.766. The van der Waals surface area contributed by atoms with E-state index < -0.39 is 10.0 Å². The highest BCUT2D eigenvalue weighted by Crippen LogP contribution is 2.14. The molecule has 1 rings (SSSR count). The van der Waals surface area contributed by atoms with Crippen molar-refractivity contribution in [2.75, 3.05) is 13.1 Å². The summed E-state index contributed by atoms with van der Waals surface area (Å²) in [5, 5.41) is 6.12. The zero-order valence-corrected chi connectivity index (χ0v) is 9.71. The average molecular weight is 229 g/mol. The van der Waals surface area contributed by atoms with Crippen molar-refractivity contribution in [2.24, 2.45) is 0 Å². The normalized spacial score (nSPS) is 11.9. The van der Waals surface area contributed by atoms with E-state index in [2.05, 4.69) is 16.8 Å². The number of hydrogen-bond acceptors (Lipinski definition) is 3. The molecule has 0 aliphatic carbocycles. The van der Waals surface area contributed by atoms with Crippen LogP contribution in [0.1, 0.15) is 13.8 Å². The summed E-state index contributed by atoms with van der Waals surface area (Å²) in [4.78, 5) is 0.186. The van der Waals surface area contributed by atoms with Gasteiger partial charge in [-0.1, -0.05) is 19.1 Å². The van der Waals surface area contributed by atoms with Crippen LogP contribution in [-0.2, 0) is 10.0 Å². The highest BCUT2D eigenvalue weighted by Gasteiger charge is 2.23. The average Bonchev–Trinajstić information content (AvgIpc) is 2.66. The minimum absolute atomic E-state index is 0.186. The summed E-state index contributed by atoms with van der Waals surface area (Å²) < 4.78 is 25.3. The Bertz CT molecular complexity index is 422. The third-order valence-corrected chi connectivity index (χ3v) is 3.80. The molecule has 0 amide bonds. The minimum atomic E-state index is -3.42. The fraction of sp³-hybridized carbons (Fsp3) is 0.444. The summed E-state index contributed by atoms with van der Waals surface area (Å²) in [6, 6.07) is 0. The third kappa shape index (κ3) is 2.66. The van der Waals surface area contributed by atoms with Gasteiger partial charge < -0.3 is 0 Å². The van der Waals surface area contributed by atoms with Gasteiger partial charge in [-0.2, -0.15) is 9.40 Å². The molecule has 0 aliphatic rings. The summed E-state index contributed by atoms with van der Waals surface area (Å²) >= 11 is 0. The van der Waals surface area contributed by atoms with Crippen LogP contribution < -0.4 is 0 Å². The Hall–Kier alpha value is -1.14. The van der Waals surface area contributed by atoms with E-state index in [1.54, 1.807) is 13.8 Å². The Morgan fingerprint density at radius 2 is 2.33 bits per heavy atom. The van der Waals surface area contributed by atoms with Crippen LogP contribution in [0.5, 0.6) is 0 Å². The maximum atomic E-state index is 12.0. The lowest BCUT2D eigenvalue weighted by atomic mass is 10.3. The van der Waals surface area contributed by atoms with Crippen molar-refractivity contribution in [3.8, 4) is 0 Å². The smallest absolute Gasteiger partial charge is 0.246 e. The highest BCUT2D eigenvalue weighted by molar-refractivity contribution is 7.89. The first-order valence-electron chi connectivity index (χ1n) is 4.61. The van der Waals surface area contributed by atoms with Crippen LogP contribution in [-0.4, -0.2) is 36.0 Å². The molecule has 1 aromatic rings. The van der Waals surface area contributed by atoms with Gasteiger partial charge in [-0.15, -0.1) is 0 Å². The number of nitrogens with one attached hydrogen (secondary N) is 1. The standard InChI is InChI=1S/C9H15N3O2S/c1-4-12(7-8(2)3)15(13,14)9-5-10-11-6-9/h5-6H,2,4,7H2,1,3H3,(H,10,11). The summed E-state index contributed by atoms with van der Waals surface area (Å²) in [6.45, 7) is 8.05. The first-order chi connectivity index (χ1) is 6.98. The molecule has 84 valence electrons. The number of aromatic amines is 1. The molecule has 0 radical (unpaired) electrons. The number of sulfonamides is 1. The van der Waals surface area contributed by atoms with E-state index in [9.17, 15) is 8.42 Å². The second kappa shape index (κ2) is 4.59. The lowest BCUT2D eigenvalue weighted by Gasteiger charge is -2.19. The van der Waals surface area contributed by atoms with Crippen LogP contribution in [0.2, 0.25) is 0 Å². The molecule has 0 spiro atoms. The molecule has 0 fully saturated rings. The zero-order chi connectivity index (χ0) is 11.5.